The molecule has 15 heavy (non-hydrogen) atoms. The van der Waals surface area contributed by atoms with Crippen LogP contribution < -0.4 is 5.73 Å². The van der Waals surface area contributed by atoms with Gasteiger partial charge in [-0.05, 0) is 24.6 Å². The molecular formula is C11H11ClN2O. The number of anilines is 1. The van der Waals surface area contributed by atoms with Crippen LogP contribution in [0.2, 0.25) is 5.02 Å². The molecule has 3 nitrogen and oxygen atoms in total. The summed E-state index contributed by atoms with van der Waals surface area (Å²) in [7, 11) is 0. The van der Waals surface area contributed by atoms with Crippen molar-refractivity contribution in [2.45, 2.75) is 13.3 Å². The second-order valence-corrected chi connectivity index (χ2v) is 3.80. The first-order valence-electron chi connectivity index (χ1n) is 4.61. The van der Waals surface area contributed by atoms with Crippen LogP contribution in [0.1, 0.15) is 17.0 Å². The summed E-state index contributed by atoms with van der Waals surface area (Å²) >= 11 is 5.89. The molecule has 2 N–H and O–H groups in total. The number of nitrogen functional groups attached to an aromatic ring is 1. The third kappa shape index (κ3) is 2.30. The molecule has 0 fully saturated rings. The molecule has 0 amide bonds. The molecule has 2 rings (SSSR count). The number of aryl methyl sites for hydroxylation is 1. The lowest BCUT2D eigenvalue weighted by Gasteiger charge is -1.99. The number of hydrogen-bond acceptors (Lipinski definition) is 3. The van der Waals surface area contributed by atoms with Crippen molar-refractivity contribution in [3.8, 4) is 0 Å². The molecule has 0 spiro atoms. The summed E-state index contributed by atoms with van der Waals surface area (Å²) in [5, 5.41) is 0.720. The Labute approximate surface area is 92.9 Å². The molecule has 1 aromatic carbocycles. The van der Waals surface area contributed by atoms with E-state index < -0.39 is 0 Å². The summed E-state index contributed by atoms with van der Waals surface area (Å²) in [5.74, 6) is 0.787. The number of nitrogens with zero attached hydrogens (tertiary/aromatic N) is 1. The molecule has 0 radical (unpaired) electrons. The monoisotopic (exact) mass is 222 g/mol. The molecule has 0 saturated carbocycles. The van der Waals surface area contributed by atoms with Crippen molar-refractivity contribution in [3.05, 3.63) is 46.3 Å². The van der Waals surface area contributed by atoms with Crippen LogP contribution in [0.15, 0.2) is 28.7 Å². The Morgan fingerprint density at radius 2 is 2.27 bits per heavy atom. The molecule has 0 aliphatic carbocycles. The summed E-state index contributed by atoms with van der Waals surface area (Å²) in [5.41, 5.74) is 7.37. The van der Waals surface area contributed by atoms with Gasteiger partial charge in [-0.15, -0.1) is 0 Å². The fourth-order valence-electron chi connectivity index (χ4n) is 1.45. The zero-order chi connectivity index (χ0) is 10.8. The normalized spacial score (nSPS) is 10.5. The largest absolute Gasteiger partial charge is 0.428 e. The molecule has 0 bridgehead atoms. The first-order valence-corrected chi connectivity index (χ1v) is 4.99. The van der Waals surface area contributed by atoms with Gasteiger partial charge < -0.3 is 10.2 Å². The molecule has 0 aliphatic heterocycles. The minimum Gasteiger partial charge on any atom is -0.428 e. The van der Waals surface area contributed by atoms with Crippen molar-refractivity contribution < 1.29 is 4.42 Å². The Balaban J connectivity index is 2.25. The Morgan fingerprint density at radius 3 is 2.87 bits per heavy atom. The molecule has 78 valence electrons. The van der Waals surface area contributed by atoms with Crippen LogP contribution in [-0.4, -0.2) is 4.98 Å². The fourth-order valence-corrected chi connectivity index (χ4v) is 1.66. The SMILES string of the molecule is Cc1nc(N)oc1Cc1cccc(Cl)c1. The number of rotatable bonds is 2. The summed E-state index contributed by atoms with van der Waals surface area (Å²) in [6, 6.07) is 7.85. The van der Waals surface area contributed by atoms with Crippen molar-refractivity contribution in [2.75, 3.05) is 5.73 Å². The lowest BCUT2D eigenvalue weighted by atomic mass is 10.1. The van der Waals surface area contributed by atoms with Gasteiger partial charge in [0.2, 0.25) is 0 Å². The highest BCUT2D eigenvalue weighted by Crippen LogP contribution is 2.18. The fraction of sp³-hybridized carbons (Fsp3) is 0.182. The second kappa shape index (κ2) is 3.95. The molecular weight excluding hydrogens is 212 g/mol. The highest BCUT2D eigenvalue weighted by molar-refractivity contribution is 6.30. The van der Waals surface area contributed by atoms with E-state index in [1.54, 1.807) is 0 Å². The van der Waals surface area contributed by atoms with E-state index in [-0.39, 0.29) is 6.01 Å². The Morgan fingerprint density at radius 1 is 1.47 bits per heavy atom. The molecule has 4 heteroatoms. The maximum absolute atomic E-state index is 5.89. The van der Waals surface area contributed by atoms with E-state index >= 15 is 0 Å². The number of nitrogens with two attached hydrogens (primary N) is 1. The van der Waals surface area contributed by atoms with Crippen molar-refractivity contribution in [1.29, 1.82) is 0 Å². The third-order valence-corrected chi connectivity index (χ3v) is 2.40. The molecule has 0 saturated heterocycles. The van der Waals surface area contributed by atoms with Crippen LogP contribution >= 0.6 is 11.6 Å². The molecule has 1 aromatic heterocycles. The summed E-state index contributed by atoms with van der Waals surface area (Å²) in [6.07, 6.45) is 0.663. The molecule has 0 unspecified atom stereocenters. The topological polar surface area (TPSA) is 52.0 Å². The van der Waals surface area contributed by atoms with Gasteiger partial charge in [-0.3, -0.25) is 0 Å². The Hall–Kier alpha value is -1.48. The first-order chi connectivity index (χ1) is 7.15. The first kappa shape index (κ1) is 10.1. The van der Waals surface area contributed by atoms with Crippen LogP contribution in [0.4, 0.5) is 6.01 Å². The van der Waals surface area contributed by atoms with E-state index in [1.165, 1.54) is 0 Å². The maximum Gasteiger partial charge on any atom is 0.292 e. The zero-order valence-corrected chi connectivity index (χ0v) is 9.08. The van der Waals surface area contributed by atoms with Gasteiger partial charge in [0.25, 0.3) is 6.01 Å². The number of hydrogen-bond donors (Lipinski definition) is 1. The molecule has 1 heterocycles. The highest BCUT2D eigenvalue weighted by Gasteiger charge is 2.07. The predicted molar refractivity (Wildman–Crippen MR) is 59.9 cm³/mol. The summed E-state index contributed by atoms with van der Waals surface area (Å²) < 4.78 is 5.28. The van der Waals surface area contributed by atoms with Crippen LogP contribution in [0, 0.1) is 6.92 Å². The van der Waals surface area contributed by atoms with E-state index in [2.05, 4.69) is 4.98 Å². The smallest absolute Gasteiger partial charge is 0.292 e. The van der Waals surface area contributed by atoms with Gasteiger partial charge in [0.1, 0.15) is 5.76 Å². The van der Waals surface area contributed by atoms with Gasteiger partial charge >= 0.3 is 0 Å². The van der Waals surface area contributed by atoms with E-state index in [0.29, 0.717) is 6.42 Å². The number of oxazole rings is 1. The lowest BCUT2D eigenvalue weighted by molar-refractivity contribution is 0.532. The lowest BCUT2D eigenvalue weighted by Crippen LogP contribution is -1.88. The van der Waals surface area contributed by atoms with E-state index in [9.17, 15) is 0 Å². The van der Waals surface area contributed by atoms with Gasteiger partial charge in [0.05, 0.1) is 5.69 Å². The number of aromatic nitrogens is 1. The summed E-state index contributed by atoms with van der Waals surface area (Å²) in [6.45, 7) is 1.87. The van der Waals surface area contributed by atoms with Gasteiger partial charge in [-0.25, -0.2) is 0 Å². The Kier molecular flexibility index (Phi) is 2.64. The van der Waals surface area contributed by atoms with Crippen molar-refractivity contribution >= 4 is 17.6 Å². The average molecular weight is 223 g/mol. The molecule has 2 aromatic rings. The van der Waals surface area contributed by atoms with E-state index in [1.807, 2.05) is 31.2 Å². The number of halogens is 1. The second-order valence-electron chi connectivity index (χ2n) is 3.37. The summed E-state index contributed by atoms with van der Waals surface area (Å²) in [4.78, 5) is 4.01. The van der Waals surface area contributed by atoms with E-state index in [0.717, 1.165) is 22.0 Å². The zero-order valence-electron chi connectivity index (χ0n) is 8.33. The quantitative estimate of drug-likeness (QED) is 0.850. The minimum atomic E-state index is 0.213. The van der Waals surface area contributed by atoms with Crippen molar-refractivity contribution in [3.63, 3.8) is 0 Å². The molecule has 0 aliphatic rings. The van der Waals surface area contributed by atoms with Gasteiger partial charge in [-0.1, -0.05) is 23.7 Å². The van der Waals surface area contributed by atoms with Gasteiger partial charge in [0, 0.05) is 11.4 Å². The van der Waals surface area contributed by atoms with Crippen LogP contribution in [0.5, 0.6) is 0 Å². The van der Waals surface area contributed by atoms with Crippen LogP contribution in [0.3, 0.4) is 0 Å². The van der Waals surface area contributed by atoms with Gasteiger partial charge in [0.15, 0.2) is 0 Å². The van der Waals surface area contributed by atoms with Crippen molar-refractivity contribution in [1.82, 2.24) is 4.98 Å². The molecule has 0 atom stereocenters. The Bertz CT molecular complexity index is 479. The number of benzene rings is 1. The van der Waals surface area contributed by atoms with Gasteiger partial charge in [-0.2, -0.15) is 4.98 Å². The third-order valence-electron chi connectivity index (χ3n) is 2.16. The minimum absolute atomic E-state index is 0.213. The predicted octanol–water partition coefficient (Wildman–Crippen LogP) is 2.81. The van der Waals surface area contributed by atoms with Crippen molar-refractivity contribution in [2.24, 2.45) is 0 Å². The van der Waals surface area contributed by atoms with E-state index in [4.69, 9.17) is 21.8 Å². The van der Waals surface area contributed by atoms with Crippen LogP contribution in [0.25, 0.3) is 0 Å². The highest BCUT2D eigenvalue weighted by atomic mass is 35.5. The average Bonchev–Trinajstić information content (AvgIpc) is 2.45. The standard InChI is InChI=1S/C11H11ClN2O/c1-7-10(15-11(13)14-7)6-8-3-2-4-9(12)5-8/h2-5H,6H2,1H3,(H2,13,14). The maximum atomic E-state index is 5.89. The van der Waals surface area contributed by atoms with Crippen LogP contribution in [-0.2, 0) is 6.42 Å².